The average molecular weight is 745 g/mol. The molecule has 0 bridgehead atoms. The number of nitrogens with zero attached hydrogens (tertiary/aromatic N) is 1. The molecule has 0 unspecified atom stereocenters. The van der Waals surface area contributed by atoms with Crippen LogP contribution in [0.5, 0.6) is 0 Å². The van der Waals surface area contributed by atoms with E-state index < -0.39 is 84.8 Å². The van der Waals surface area contributed by atoms with E-state index in [1.807, 2.05) is 24.3 Å². The van der Waals surface area contributed by atoms with E-state index in [4.69, 9.17) is 11.5 Å². The molecular weight excluding hydrogens is 700 g/mol. The van der Waals surface area contributed by atoms with Crippen molar-refractivity contribution in [1.29, 1.82) is 0 Å². The molecule has 19 nitrogen and oxygen atoms in total. The fourth-order valence-corrected chi connectivity index (χ4v) is 5.53. The lowest BCUT2D eigenvalue weighted by Gasteiger charge is -2.24. The molecular formula is C32H44N10O9S. The van der Waals surface area contributed by atoms with Gasteiger partial charge in [-0.1, -0.05) is 18.2 Å². The Kier molecular flexibility index (Phi) is 16.1. The van der Waals surface area contributed by atoms with E-state index in [-0.39, 0.29) is 32.1 Å². The number of carbonyl (C=O) groups excluding carboxylic acids is 6. The third kappa shape index (κ3) is 12.7. The van der Waals surface area contributed by atoms with Gasteiger partial charge in [0.15, 0.2) is 0 Å². The number of aliphatic carboxylic acids is 1. The van der Waals surface area contributed by atoms with Crippen molar-refractivity contribution >= 4 is 64.1 Å². The Morgan fingerprint density at radius 3 is 2.19 bits per heavy atom. The quantitative estimate of drug-likeness (QED) is 0.0496. The van der Waals surface area contributed by atoms with Gasteiger partial charge in [-0.15, -0.1) is 0 Å². The number of carboxylic acids is 1. The number of aliphatic hydroxyl groups excluding tert-OH is 1. The lowest BCUT2D eigenvalue weighted by molar-refractivity contribution is -0.143. The standard InChI is InChI=1S/C32H44N10O9S/c1-52-9-8-23(29(47)37-14-27(45)39-24(11-18-13-35-16-38-18)31(49)42-25(15-43)32(50)51)41-30(48)22(6-7-26(34)44)40-28(46)20(33)10-17-12-36-21-5-3-2-4-19(17)21/h2-5,12-13,16,20,22-25,36,43H,6-11,14-15,33H2,1H3,(H2,34,44)(H,35,38)(H,37,47)(H,39,45)(H,40,46)(H,41,48)(H,42,49)(H,50,51)/t20-,22-,23-,24+,25+/m0/s1. The molecule has 3 rings (SSSR count). The summed E-state index contributed by atoms with van der Waals surface area (Å²) in [5.74, 6) is -5.73. The number of carbonyl (C=O) groups is 7. The molecule has 1 aromatic carbocycles. The first-order chi connectivity index (χ1) is 24.8. The number of aliphatic hydroxyl groups is 1. The SMILES string of the molecule is CSCC[C@H](NC(=O)[C@H](CCC(N)=O)NC(=O)[C@@H](N)Cc1c[nH]c2ccccc12)C(=O)NCC(=O)N[C@H](Cc1cnc[nH]1)C(=O)N[C@H](CO)C(=O)O. The van der Waals surface area contributed by atoms with E-state index in [1.54, 1.807) is 12.5 Å². The van der Waals surface area contributed by atoms with Gasteiger partial charge in [-0.05, 0) is 42.9 Å². The molecule has 0 saturated heterocycles. The van der Waals surface area contributed by atoms with Crippen LogP contribution in [-0.4, -0.2) is 122 Å². The van der Waals surface area contributed by atoms with Gasteiger partial charge >= 0.3 is 5.97 Å². The van der Waals surface area contributed by atoms with Crippen LogP contribution in [0.1, 0.15) is 30.5 Å². The summed E-state index contributed by atoms with van der Waals surface area (Å²) in [6.07, 6.45) is 5.97. The number of hydrogen-bond donors (Lipinski definition) is 11. The number of fused-ring (bicyclic) bond motifs is 1. The van der Waals surface area contributed by atoms with Gasteiger partial charge < -0.3 is 58.2 Å². The molecule has 3 aromatic rings. The first-order valence-corrected chi connectivity index (χ1v) is 17.6. The van der Waals surface area contributed by atoms with Crippen LogP contribution in [0.3, 0.4) is 0 Å². The number of benzene rings is 1. The van der Waals surface area contributed by atoms with Crippen molar-refractivity contribution in [3.05, 3.63) is 54.2 Å². The normalized spacial score (nSPS) is 13.9. The summed E-state index contributed by atoms with van der Waals surface area (Å²) in [5, 5.41) is 31.5. The minimum atomic E-state index is -1.62. The second-order valence-electron chi connectivity index (χ2n) is 11.8. The Morgan fingerprint density at radius 1 is 0.865 bits per heavy atom. The van der Waals surface area contributed by atoms with Crippen LogP contribution in [0.15, 0.2) is 43.0 Å². The smallest absolute Gasteiger partial charge is 0.328 e. The number of primary amides is 1. The molecule has 20 heteroatoms. The maximum atomic E-state index is 13.5. The van der Waals surface area contributed by atoms with Gasteiger partial charge in [0.25, 0.3) is 0 Å². The number of aromatic amines is 2. The maximum absolute atomic E-state index is 13.5. The lowest BCUT2D eigenvalue weighted by Crippen LogP contribution is -2.57. The number of nitrogens with two attached hydrogens (primary N) is 2. The Morgan fingerprint density at radius 2 is 1.54 bits per heavy atom. The molecule has 0 aliphatic heterocycles. The molecule has 282 valence electrons. The van der Waals surface area contributed by atoms with Crippen LogP contribution in [-0.2, 0) is 46.4 Å². The molecule has 0 spiro atoms. The monoisotopic (exact) mass is 744 g/mol. The van der Waals surface area contributed by atoms with Crippen molar-refractivity contribution in [2.75, 3.05) is 25.2 Å². The van der Waals surface area contributed by atoms with E-state index >= 15 is 0 Å². The van der Waals surface area contributed by atoms with E-state index in [1.165, 1.54) is 24.3 Å². The van der Waals surface area contributed by atoms with Gasteiger partial charge in [-0.3, -0.25) is 28.8 Å². The first-order valence-electron chi connectivity index (χ1n) is 16.2. The van der Waals surface area contributed by atoms with Crippen LogP contribution < -0.4 is 38.1 Å². The first kappa shape index (κ1) is 41.0. The molecule has 2 heterocycles. The zero-order valence-electron chi connectivity index (χ0n) is 28.3. The van der Waals surface area contributed by atoms with Crippen LogP contribution in [0.25, 0.3) is 10.9 Å². The topological polar surface area (TPSA) is 317 Å². The van der Waals surface area contributed by atoms with Crippen molar-refractivity contribution < 1.29 is 43.8 Å². The number of imidazole rings is 1. The molecule has 6 amide bonds. The minimum absolute atomic E-state index is 0.125. The van der Waals surface area contributed by atoms with Gasteiger partial charge in [0.1, 0.15) is 24.2 Å². The number of thioether (sulfide) groups is 1. The molecule has 0 radical (unpaired) electrons. The molecule has 0 saturated carbocycles. The minimum Gasteiger partial charge on any atom is -0.480 e. The summed E-state index contributed by atoms with van der Waals surface area (Å²) in [7, 11) is 0. The van der Waals surface area contributed by atoms with Gasteiger partial charge in [0, 0.05) is 41.8 Å². The van der Waals surface area contributed by atoms with Crippen LogP contribution in [0.2, 0.25) is 0 Å². The van der Waals surface area contributed by atoms with E-state index in [9.17, 15) is 43.8 Å². The molecule has 2 aromatic heterocycles. The number of aromatic nitrogens is 3. The van der Waals surface area contributed by atoms with Gasteiger partial charge in [-0.25, -0.2) is 9.78 Å². The summed E-state index contributed by atoms with van der Waals surface area (Å²) in [5.41, 5.74) is 13.6. The van der Waals surface area contributed by atoms with Gasteiger partial charge in [0.05, 0.1) is 25.5 Å². The summed E-state index contributed by atoms with van der Waals surface area (Å²) < 4.78 is 0. The highest BCUT2D eigenvalue weighted by molar-refractivity contribution is 7.98. The third-order valence-electron chi connectivity index (χ3n) is 7.86. The average Bonchev–Trinajstić information content (AvgIpc) is 3.79. The number of amides is 6. The zero-order chi connectivity index (χ0) is 38.2. The predicted molar refractivity (Wildman–Crippen MR) is 189 cm³/mol. The second-order valence-corrected chi connectivity index (χ2v) is 12.8. The van der Waals surface area contributed by atoms with Crippen LogP contribution >= 0.6 is 11.8 Å². The Balaban J connectivity index is 1.65. The van der Waals surface area contributed by atoms with E-state index in [2.05, 4.69) is 41.5 Å². The predicted octanol–water partition coefficient (Wildman–Crippen LogP) is -2.85. The molecule has 5 atom stereocenters. The molecule has 0 fully saturated rings. The van der Waals surface area contributed by atoms with Crippen molar-refractivity contribution in [2.24, 2.45) is 11.5 Å². The van der Waals surface area contributed by atoms with Gasteiger partial charge in [-0.2, -0.15) is 11.8 Å². The number of H-pyrrole nitrogens is 2. The Labute approximate surface area is 302 Å². The zero-order valence-corrected chi connectivity index (χ0v) is 29.2. The number of rotatable bonds is 22. The summed E-state index contributed by atoms with van der Waals surface area (Å²) in [6, 6.07) is 1.01. The fourth-order valence-electron chi connectivity index (χ4n) is 5.06. The largest absolute Gasteiger partial charge is 0.480 e. The molecule has 0 aliphatic carbocycles. The molecule has 52 heavy (non-hydrogen) atoms. The van der Waals surface area contributed by atoms with Crippen molar-refractivity contribution in [3.63, 3.8) is 0 Å². The number of hydrogen-bond acceptors (Lipinski definition) is 11. The van der Waals surface area contributed by atoms with Crippen molar-refractivity contribution in [3.8, 4) is 0 Å². The van der Waals surface area contributed by atoms with E-state index in [0.29, 0.717) is 11.4 Å². The molecule has 0 aliphatic rings. The number of nitrogens with one attached hydrogen (secondary N) is 7. The molecule has 13 N–H and O–H groups in total. The van der Waals surface area contributed by atoms with Crippen LogP contribution in [0, 0.1) is 0 Å². The Hall–Kier alpha value is -5.47. The summed E-state index contributed by atoms with van der Waals surface area (Å²) in [6.45, 7) is -1.53. The third-order valence-corrected chi connectivity index (χ3v) is 8.50. The van der Waals surface area contributed by atoms with Crippen molar-refractivity contribution in [1.82, 2.24) is 41.5 Å². The summed E-state index contributed by atoms with van der Waals surface area (Å²) >= 11 is 1.39. The van der Waals surface area contributed by atoms with E-state index in [0.717, 1.165) is 16.5 Å². The maximum Gasteiger partial charge on any atom is 0.328 e. The highest BCUT2D eigenvalue weighted by Gasteiger charge is 2.30. The highest BCUT2D eigenvalue weighted by Crippen LogP contribution is 2.19. The Bertz CT molecular complexity index is 1700. The second kappa shape index (κ2) is 20.4. The fraction of sp³-hybridized carbons (Fsp3) is 0.438. The number of para-hydroxylation sites is 1. The number of carboxylic acid groups (broad SMARTS) is 1. The van der Waals surface area contributed by atoms with Crippen LogP contribution in [0.4, 0.5) is 0 Å². The highest BCUT2D eigenvalue weighted by atomic mass is 32.2. The lowest BCUT2D eigenvalue weighted by atomic mass is 10.0. The van der Waals surface area contributed by atoms with Crippen molar-refractivity contribution in [2.45, 2.75) is 62.3 Å². The van der Waals surface area contributed by atoms with Gasteiger partial charge in [0.2, 0.25) is 35.4 Å². The summed E-state index contributed by atoms with van der Waals surface area (Å²) in [4.78, 5) is 98.1.